The molecule has 12 rings (SSSR count). The summed E-state index contributed by atoms with van der Waals surface area (Å²) in [5.74, 6) is 1.74. The van der Waals surface area contributed by atoms with Gasteiger partial charge in [0.1, 0.15) is 36.1 Å². The smallest absolute Gasteiger partial charge is 0.408 e. The van der Waals surface area contributed by atoms with E-state index >= 15 is 0 Å². The first-order valence-electron chi connectivity index (χ1n) is 27.5. The second kappa shape index (κ2) is 16.0. The van der Waals surface area contributed by atoms with Crippen molar-refractivity contribution in [3.05, 3.63) is 58.7 Å². The number of hydrogen-bond donors (Lipinski definition) is 3. The number of amides is 2. The van der Waals surface area contributed by atoms with Crippen molar-refractivity contribution in [2.75, 3.05) is 6.61 Å². The van der Waals surface area contributed by atoms with Crippen LogP contribution in [-0.4, -0.2) is 94.9 Å². The highest BCUT2D eigenvalue weighted by Gasteiger charge is 3.01. The number of nitrogens with one attached hydrogen (secondary N) is 2. The summed E-state index contributed by atoms with van der Waals surface area (Å²) < 4.78 is 39.1. The Balaban J connectivity index is 0.699. The summed E-state index contributed by atoms with van der Waals surface area (Å²) in [7, 11) is 0. The molecule has 4 heterocycles. The van der Waals surface area contributed by atoms with E-state index in [4.69, 9.17) is 28.4 Å². The molecule has 3 N–H and O–H groups in total. The largest absolute Gasteiger partial charge is 0.458 e. The predicted octanol–water partition coefficient (Wildman–Crippen LogP) is 10.0. The molecule has 4 unspecified atom stereocenters. The van der Waals surface area contributed by atoms with Crippen LogP contribution < -0.4 is 10.6 Å². The molecule has 17 atom stereocenters. The summed E-state index contributed by atoms with van der Waals surface area (Å²) in [4.78, 5) is 41.2. The number of ether oxygens (including phenoxy) is 6. The molecule has 8 aliphatic carbocycles. The van der Waals surface area contributed by atoms with Gasteiger partial charge in [0.15, 0.2) is 11.7 Å². The Bertz CT molecular complexity index is 2380. The van der Waals surface area contributed by atoms with Gasteiger partial charge in [0, 0.05) is 22.6 Å². The summed E-state index contributed by atoms with van der Waals surface area (Å²) in [6, 6.07) is -0.219. The van der Waals surface area contributed by atoms with Crippen LogP contribution in [0.25, 0.3) is 0 Å². The van der Waals surface area contributed by atoms with Crippen molar-refractivity contribution >= 4 is 18.2 Å². The first-order chi connectivity index (χ1) is 33.2. The van der Waals surface area contributed by atoms with Crippen molar-refractivity contribution in [2.45, 2.75) is 223 Å². The van der Waals surface area contributed by atoms with Gasteiger partial charge in [-0.25, -0.2) is 14.4 Å². The van der Waals surface area contributed by atoms with E-state index in [1.54, 1.807) is 5.57 Å². The molecule has 3 saturated heterocycles. The van der Waals surface area contributed by atoms with Gasteiger partial charge in [-0.15, -0.1) is 0 Å². The Morgan fingerprint density at radius 1 is 0.871 bits per heavy atom. The molecule has 2 spiro atoms. The van der Waals surface area contributed by atoms with Crippen LogP contribution in [0.15, 0.2) is 58.7 Å². The zero-order valence-corrected chi connectivity index (χ0v) is 43.2. The number of alkyl carbamates (subject to hydrolysis) is 2. The maximum absolute atomic E-state index is 14.5. The lowest BCUT2D eigenvalue weighted by molar-refractivity contribution is -0.136. The minimum absolute atomic E-state index is 0.0456. The van der Waals surface area contributed by atoms with Crippen molar-refractivity contribution in [1.29, 1.82) is 0 Å². The topological polar surface area (TPSA) is 161 Å². The number of carbonyl (C=O) groups excluding carboxylic acids is 3. The standard InChI is InChI=1S/C58H80N2O10/c1-31(2)56-46(69-56)47-58(70-47)55(9)25-23-38-39(29-65-48(38)62)42(55)26-45-57(58,68-45)49(56)67-51(64)60-53(7)28-37(27-52(5,6)30-53)59-50(63)66-44(36-18-19-36)22-15-32(3)40-20-21-41-35(13-11-24-54(40,41)8)17-16-34-12-10-14-43(61)33(34)4/h15-17,22,31-32,36-37,40-47,49,61H,4,10-14,18-21,23-30H2,1-3,5-9H3,(H,59,63)(H,60,64)/b22-15+,34-16-,35-17+/t32-,37?,40?,41?,42-,43-,44?,45-,46-,47-,49+,53+,54+,55-,56-,57+,58+/m0/s1. The summed E-state index contributed by atoms with van der Waals surface area (Å²) in [5.41, 5.74) is 2.35. The fourth-order valence-corrected chi connectivity index (χ4v) is 17.9. The first-order valence-corrected chi connectivity index (χ1v) is 27.5. The van der Waals surface area contributed by atoms with E-state index in [9.17, 15) is 19.5 Å². The van der Waals surface area contributed by atoms with Crippen LogP contribution in [0.1, 0.15) is 158 Å². The third-order valence-electron chi connectivity index (χ3n) is 21.2. The Labute approximate surface area is 415 Å². The molecule has 0 aromatic carbocycles. The Kier molecular flexibility index (Phi) is 10.9. The van der Waals surface area contributed by atoms with Gasteiger partial charge < -0.3 is 44.2 Å². The summed E-state index contributed by atoms with van der Waals surface area (Å²) in [5, 5.41) is 17.0. The third kappa shape index (κ3) is 7.03. The highest BCUT2D eigenvalue weighted by Crippen LogP contribution is 2.83. The van der Waals surface area contributed by atoms with E-state index < -0.39 is 46.7 Å². The maximum Gasteiger partial charge on any atom is 0.408 e. The van der Waals surface area contributed by atoms with Gasteiger partial charge in [0.2, 0.25) is 0 Å². The molecule has 382 valence electrons. The van der Waals surface area contributed by atoms with Gasteiger partial charge in [-0.3, -0.25) is 0 Å². The molecule has 4 aliphatic heterocycles. The van der Waals surface area contributed by atoms with E-state index in [1.807, 2.05) is 0 Å². The first kappa shape index (κ1) is 47.5. The molecule has 2 amide bonds. The Morgan fingerprint density at radius 2 is 1.67 bits per heavy atom. The Morgan fingerprint density at radius 3 is 2.44 bits per heavy atom. The third-order valence-corrected chi connectivity index (χ3v) is 21.2. The molecule has 12 aliphatic rings. The molecule has 0 aromatic rings. The van der Waals surface area contributed by atoms with Crippen LogP contribution in [0, 0.1) is 51.8 Å². The van der Waals surface area contributed by atoms with Crippen LogP contribution in [0.4, 0.5) is 9.59 Å². The molecular formula is C58H80N2O10. The molecule has 0 radical (unpaired) electrons. The Hall–Kier alpha value is -3.45. The number of fused-ring (bicyclic) bond motifs is 5. The molecule has 10 fully saturated rings. The van der Waals surface area contributed by atoms with Crippen LogP contribution in [0.5, 0.6) is 0 Å². The number of allylic oxidation sites excluding steroid dienone is 4. The zero-order valence-electron chi connectivity index (χ0n) is 43.2. The molecule has 7 saturated carbocycles. The molecule has 70 heavy (non-hydrogen) atoms. The van der Waals surface area contributed by atoms with Crippen molar-refractivity contribution in [2.24, 2.45) is 51.8 Å². The van der Waals surface area contributed by atoms with Crippen molar-refractivity contribution < 1.29 is 47.9 Å². The van der Waals surface area contributed by atoms with E-state index in [1.165, 1.54) is 31.3 Å². The number of rotatable bonds is 10. The van der Waals surface area contributed by atoms with E-state index in [0.29, 0.717) is 49.5 Å². The van der Waals surface area contributed by atoms with Crippen LogP contribution in [0.2, 0.25) is 0 Å². The van der Waals surface area contributed by atoms with Crippen LogP contribution in [-0.2, 0) is 33.2 Å². The lowest BCUT2D eigenvalue weighted by Crippen LogP contribution is -2.70. The molecule has 0 aromatic heterocycles. The lowest BCUT2D eigenvalue weighted by atomic mass is 9.46. The molecule has 12 nitrogen and oxygen atoms in total. The zero-order chi connectivity index (χ0) is 49.1. The fourth-order valence-electron chi connectivity index (χ4n) is 17.9. The van der Waals surface area contributed by atoms with Gasteiger partial charge in [0.05, 0.1) is 12.2 Å². The predicted molar refractivity (Wildman–Crippen MR) is 262 cm³/mol. The van der Waals surface area contributed by atoms with Crippen molar-refractivity contribution in [3.63, 3.8) is 0 Å². The van der Waals surface area contributed by atoms with Gasteiger partial charge >= 0.3 is 18.2 Å². The number of hydrogen-bond acceptors (Lipinski definition) is 10. The van der Waals surface area contributed by atoms with Crippen molar-refractivity contribution in [1.82, 2.24) is 10.6 Å². The monoisotopic (exact) mass is 965 g/mol. The number of aliphatic hydroxyl groups is 1. The van der Waals surface area contributed by atoms with E-state index in [2.05, 4.69) is 96.9 Å². The maximum atomic E-state index is 14.5. The van der Waals surface area contributed by atoms with Gasteiger partial charge in [0.25, 0.3) is 0 Å². The number of aliphatic hydroxyl groups excluding tert-OH is 1. The number of cyclic esters (lactones) is 1. The highest BCUT2D eigenvalue weighted by molar-refractivity contribution is 5.92. The molecule has 0 bridgehead atoms. The highest BCUT2D eigenvalue weighted by atomic mass is 16.8. The van der Waals surface area contributed by atoms with Gasteiger partial charge in [-0.1, -0.05) is 78.8 Å². The lowest BCUT2D eigenvalue weighted by Gasteiger charge is -2.53. The number of esters is 1. The minimum atomic E-state index is -0.840. The number of epoxide rings is 3. The SMILES string of the molecule is C=C1/C(=C\C=C2/CCC[C@@]3(C)C2CCC3[C@@H](C)/C=C/C(OC(=O)NC2CC(C)(C)C[C@](C)(NC(=O)O[C@@H]3[C@@]4(C(C)C)O[C@H]4[C@@H]4O[C@]45[C@]34O[C@H]4C[C@H]3C4=C(CC[C@@]35C)C(=O)OC4)C2)C2CC2)CCC[C@@H]1O. The normalized spacial score (nSPS) is 48.0. The summed E-state index contributed by atoms with van der Waals surface area (Å²) >= 11 is 0. The van der Waals surface area contributed by atoms with Gasteiger partial charge in [-0.2, -0.15) is 0 Å². The van der Waals surface area contributed by atoms with E-state index in [-0.39, 0.29) is 64.5 Å². The fraction of sp³-hybridized carbons (Fsp3) is 0.776. The second-order valence-electron chi connectivity index (χ2n) is 26.5. The van der Waals surface area contributed by atoms with Gasteiger partial charge in [-0.05, 0) is 179 Å². The average molecular weight is 965 g/mol. The molecular weight excluding hydrogens is 885 g/mol. The number of carbonyl (C=O) groups is 3. The quantitative estimate of drug-likeness (QED) is 0.0832. The van der Waals surface area contributed by atoms with Crippen LogP contribution >= 0.6 is 0 Å². The van der Waals surface area contributed by atoms with Crippen molar-refractivity contribution in [3.8, 4) is 0 Å². The average Bonchev–Trinajstić information content (AvgIpc) is 4.13. The summed E-state index contributed by atoms with van der Waals surface area (Å²) in [6.07, 6.45) is 21.3. The van der Waals surface area contributed by atoms with Crippen LogP contribution in [0.3, 0.4) is 0 Å². The van der Waals surface area contributed by atoms with E-state index in [0.717, 1.165) is 74.5 Å². The molecule has 12 heteroatoms. The minimum Gasteiger partial charge on any atom is -0.458 e. The second-order valence-corrected chi connectivity index (χ2v) is 26.5. The summed E-state index contributed by atoms with van der Waals surface area (Å²) in [6.45, 7) is 22.4.